The van der Waals surface area contributed by atoms with Gasteiger partial charge in [-0.25, -0.2) is 0 Å². The van der Waals surface area contributed by atoms with Crippen LogP contribution in [0.25, 0.3) is 0 Å². The molecule has 0 spiro atoms. The predicted octanol–water partition coefficient (Wildman–Crippen LogP) is 1.17. The van der Waals surface area contributed by atoms with E-state index in [9.17, 15) is 9.59 Å². The van der Waals surface area contributed by atoms with Gasteiger partial charge in [0.05, 0.1) is 6.54 Å². The summed E-state index contributed by atoms with van der Waals surface area (Å²) in [4.78, 5) is 26.1. The monoisotopic (exact) mass is 232 g/mol. The summed E-state index contributed by atoms with van der Waals surface area (Å²) in [6.45, 7) is 2.09. The van der Waals surface area contributed by atoms with Gasteiger partial charge in [0, 0.05) is 31.4 Å². The molecule has 0 aromatic heterocycles. The molecule has 1 heterocycles. The minimum atomic E-state index is 0.141. The van der Waals surface area contributed by atoms with Crippen LogP contribution in [0.2, 0.25) is 0 Å². The smallest absolute Gasteiger partial charge is 0.241 e. The van der Waals surface area contributed by atoms with Gasteiger partial charge < -0.3 is 9.80 Å². The van der Waals surface area contributed by atoms with Crippen molar-refractivity contribution >= 4 is 17.9 Å². The molecule has 1 saturated heterocycles. The molecule has 1 aromatic rings. The topological polar surface area (TPSA) is 40.6 Å². The number of likely N-dealkylation sites (N-methyl/N-ethyl adjacent to an activating group) is 1. The van der Waals surface area contributed by atoms with Crippen LogP contribution in [0, 0.1) is 0 Å². The second-order valence-electron chi connectivity index (χ2n) is 4.30. The van der Waals surface area contributed by atoms with Crippen LogP contribution in [0.15, 0.2) is 24.3 Å². The van der Waals surface area contributed by atoms with E-state index in [4.69, 9.17) is 0 Å². The molecule has 1 amide bonds. The molecule has 2 rings (SSSR count). The van der Waals surface area contributed by atoms with E-state index in [1.165, 1.54) is 0 Å². The zero-order valence-electron chi connectivity index (χ0n) is 9.93. The number of anilines is 1. The van der Waals surface area contributed by atoms with Crippen LogP contribution in [0.1, 0.15) is 16.8 Å². The lowest BCUT2D eigenvalue weighted by molar-refractivity contribution is -0.127. The Bertz CT molecular complexity index is 414. The van der Waals surface area contributed by atoms with E-state index in [0.29, 0.717) is 12.1 Å². The Hall–Kier alpha value is -1.84. The van der Waals surface area contributed by atoms with E-state index in [2.05, 4.69) is 4.90 Å². The molecule has 0 radical (unpaired) electrons. The molecule has 0 aliphatic carbocycles. The van der Waals surface area contributed by atoms with Gasteiger partial charge in [0.25, 0.3) is 0 Å². The van der Waals surface area contributed by atoms with Crippen molar-refractivity contribution in [3.8, 4) is 0 Å². The molecular weight excluding hydrogens is 216 g/mol. The molecule has 4 heteroatoms. The molecule has 1 aromatic carbocycles. The summed E-state index contributed by atoms with van der Waals surface area (Å²) in [7, 11) is 1.83. The van der Waals surface area contributed by atoms with Gasteiger partial charge in [0.1, 0.15) is 6.29 Å². The lowest BCUT2D eigenvalue weighted by Crippen LogP contribution is -2.34. The van der Waals surface area contributed by atoms with E-state index < -0.39 is 0 Å². The van der Waals surface area contributed by atoms with Gasteiger partial charge in [-0.1, -0.05) is 0 Å². The minimum absolute atomic E-state index is 0.141. The number of nitrogens with zero attached hydrogens (tertiary/aromatic N) is 2. The molecule has 0 saturated carbocycles. The third kappa shape index (κ3) is 2.64. The lowest BCUT2D eigenvalue weighted by atomic mass is 10.2. The Morgan fingerprint density at radius 1 is 1.18 bits per heavy atom. The fourth-order valence-electron chi connectivity index (χ4n) is 1.97. The van der Waals surface area contributed by atoms with Crippen LogP contribution in [0.4, 0.5) is 5.69 Å². The standard InChI is InChI=1S/C13H16N2O2/c1-14-7-2-8-15(9-13(14)17)12-5-3-11(10-16)4-6-12/h3-6,10H,2,7-9H2,1H3. The van der Waals surface area contributed by atoms with Crippen LogP contribution >= 0.6 is 0 Å². The number of hydrogen-bond acceptors (Lipinski definition) is 3. The van der Waals surface area contributed by atoms with E-state index >= 15 is 0 Å². The zero-order chi connectivity index (χ0) is 12.3. The molecule has 0 atom stereocenters. The fraction of sp³-hybridized carbons (Fsp3) is 0.385. The highest BCUT2D eigenvalue weighted by Crippen LogP contribution is 2.17. The van der Waals surface area contributed by atoms with Gasteiger partial charge in [0.2, 0.25) is 5.91 Å². The van der Waals surface area contributed by atoms with Gasteiger partial charge in [-0.05, 0) is 30.7 Å². The number of carbonyl (C=O) groups is 2. The minimum Gasteiger partial charge on any atom is -0.362 e. The van der Waals surface area contributed by atoms with E-state index in [1.54, 1.807) is 17.0 Å². The van der Waals surface area contributed by atoms with Crippen molar-refractivity contribution in [2.24, 2.45) is 0 Å². The Balaban J connectivity index is 2.15. The molecule has 0 unspecified atom stereocenters. The Labute approximate surface area is 101 Å². The number of aldehydes is 1. The Morgan fingerprint density at radius 3 is 2.53 bits per heavy atom. The van der Waals surface area contributed by atoms with Gasteiger partial charge >= 0.3 is 0 Å². The van der Waals surface area contributed by atoms with Gasteiger partial charge in [-0.15, -0.1) is 0 Å². The highest BCUT2D eigenvalue weighted by atomic mass is 16.2. The second-order valence-corrected chi connectivity index (χ2v) is 4.30. The van der Waals surface area contributed by atoms with Crippen molar-refractivity contribution < 1.29 is 9.59 Å². The highest BCUT2D eigenvalue weighted by Gasteiger charge is 2.18. The predicted molar refractivity (Wildman–Crippen MR) is 66.3 cm³/mol. The molecule has 0 bridgehead atoms. The van der Waals surface area contributed by atoms with Crippen molar-refractivity contribution in [1.82, 2.24) is 4.90 Å². The Morgan fingerprint density at radius 2 is 1.88 bits per heavy atom. The van der Waals surface area contributed by atoms with Gasteiger partial charge in [0.15, 0.2) is 0 Å². The van der Waals surface area contributed by atoms with Crippen molar-refractivity contribution in [2.45, 2.75) is 6.42 Å². The highest BCUT2D eigenvalue weighted by molar-refractivity contribution is 5.82. The first-order chi connectivity index (χ1) is 8.20. The molecule has 1 aliphatic rings. The Kier molecular flexibility index (Phi) is 3.42. The summed E-state index contributed by atoms with van der Waals surface area (Å²) < 4.78 is 0. The van der Waals surface area contributed by atoms with Crippen molar-refractivity contribution in [2.75, 3.05) is 31.6 Å². The van der Waals surface area contributed by atoms with Crippen LogP contribution in [-0.4, -0.2) is 43.8 Å². The van der Waals surface area contributed by atoms with Crippen molar-refractivity contribution in [1.29, 1.82) is 0 Å². The van der Waals surface area contributed by atoms with Gasteiger partial charge in [-0.2, -0.15) is 0 Å². The maximum Gasteiger partial charge on any atom is 0.241 e. The van der Waals surface area contributed by atoms with Crippen molar-refractivity contribution in [3.63, 3.8) is 0 Å². The maximum absolute atomic E-state index is 11.7. The summed E-state index contributed by atoms with van der Waals surface area (Å²) >= 11 is 0. The first-order valence-corrected chi connectivity index (χ1v) is 5.75. The van der Waals surface area contributed by atoms with E-state index in [0.717, 1.165) is 31.5 Å². The largest absolute Gasteiger partial charge is 0.362 e. The summed E-state index contributed by atoms with van der Waals surface area (Å²) in [6, 6.07) is 7.34. The third-order valence-electron chi connectivity index (χ3n) is 3.07. The molecular formula is C13H16N2O2. The summed E-state index contributed by atoms with van der Waals surface area (Å²) in [5.41, 5.74) is 1.66. The summed E-state index contributed by atoms with van der Waals surface area (Å²) in [6.07, 6.45) is 1.79. The number of carbonyl (C=O) groups excluding carboxylic acids is 2. The second kappa shape index (κ2) is 4.99. The average Bonchev–Trinajstić information content (AvgIpc) is 2.52. The molecule has 1 fully saturated rings. The maximum atomic E-state index is 11.7. The first kappa shape index (κ1) is 11.6. The van der Waals surface area contributed by atoms with Crippen LogP contribution in [-0.2, 0) is 4.79 Å². The lowest BCUT2D eigenvalue weighted by Gasteiger charge is -2.21. The SMILES string of the molecule is CN1CCCN(c2ccc(C=O)cc2)CC1=O. The number of rotatable bonds is 2. The number of amides is 1. The van der Waals surface area contributed by atoms with E-state index in [1.807, 2.05) is 19.2 Å². The summed E-state index contributed by atoms with van der Waals surface area (Å²) in [5, 5.41) is 0. The molecule has 1 aliphatic heterocycles. The molecule has 0 N–H and O–H groups in total. The van der Waals surface area contributed by atoms with Crippen LogP contribution in [0.3, 0.4) is 0 Å². The zero-order valence-corrected chi connectivity index (χ0v) is 9.93. The molecule has 17 heavy (non-hydrogen) atoms. The summed E-state index contributed by atoms with van der Waals surface area (Å²) in [5.74, 6) is 0.141. The van der Waals surface area contributed by atoms with Gasteiger partial charge in [-0.3, -0.25) is 9.59 Å². The fourth-order valence-corrected chi connectivity index (χ4v) is 1.97. The first-order valence-electron chi connectivity index (χ1n) is 5.75. The number of benzene rings is 1. The van der Waals surface area contributed by atoms with Crippen molar-refractivity contribution in [3.05, 3.63) is 29.8 Å². The normalized spacial score (nSPS) is 16.9. The van der Waals surface area contributed by atoms with E-state index in [-0.39, 0.29) is 5.91 Å². The molecule has 90 valence electrons. The van der Waals surface area contributed by atoms with Crippen LogP contribution < -0.4 is 4.90 Å². The van der Waals surface area contributed by atoms with Crippen LogP contribution in [0.5, 0.6) is 0 Å². The third-order valence-corrected chi connectivity index (χ3v) is 3.07. The number of hydrogen-bond donors (Lipinski definition) is 0. The quantitative estimate of drug-likeness (QED) is 0.719. The average molecular weight is 232 g/mol. The molecule has 4 nitrogen and oxygen atoms in total.